The Morgan fingerprint density at radius 3 is 2.35 bits per heavy atom. The summed E-state index contributed by atoms with van der Waals surface area (Å²) in [7, 11) is 0. The van der Waals surface area contributed by atoms with Gasteiger partial charge in [0, 0.05) is 24.7 Å². The van der Waals surface area contributed by atoms with Crippen molar-refractivity contribution < 1.29 is 4.79 Å². The van der Waals surface area contributed by atoms with Crippen LogP contribution in [0.4, 0.5) is 0 Å². The molecule has 2 rings (SSSR count). The molecule has 4 unspecified atom stereocenters. The van der Waals surface area contributed by atoms with E-state index in [0.717, 1.165) is 32.4 Å². The molecule has 2 aliphatic rings. The lowest BCUT2D eigenvalue weighted by atomic mass is 9.97. The summed E-state index contributed by atoms with van der Waals surface area (Å²) in [6.07, 6.45) is 4.69. The van der Waals surface area contributed by atoms with Crippen molar-refractivity contribution in [2.24, 2.45) is 11.7 Å². The van der Waals surface area contributed by atoms with Crippen molar-refractivity contribution in [1.82, 2.24) is 9.80 Å². The monoisotopic (exact) mass is 303 g/mol. The van der Waals surface area contributed by atoms with Crippen LogP contribution in [-0.2, 0) is 4.79 Å². The van der Waals surface area contributed by atoms with Crippen molar-refractivity contribution >= 4 is 18.3 Å². The van der Waals surface area contributed by atoms with Crippen LogP contribution in [-0.4, -0.2) is 53.5 Å². The number of nitrogens with zero attached hydrogens (tertiary/aromatic N) is 2. The van der Waals surface area contributed by atoms with E-state index >= 15 is 0 Å². The van der Waals surface area contributed by atoms with Gasteiger partial charge in [-0.2, -0.15) is 0 Å². The van der Waals surface area contributed by atoms with Crippen molar-refractivity contribution in [2.75, 3.05) is 19.6 Å². The average Bonchev–Trinajstić information content (AvgIpc) is 2.77. The Hall–Kier alpha value is -0.320. The van der Waals surface area contributed by atoms with E-state index in [9.17, 15) is 4.79 Å². The first kappa shape index (κ1) is 17.7. The van der Waals surface area contributed by atoms with Gasteiger partial charge in [-0.1, -0.05) is 0 Å². The first-order valence-corrected chi connectivity index (χ1v) is 7.78. The molecule has 2 heterocycles. The third-order valence-electron chi connectivity index (χ3n) is 4.89. The van der Waals surface area contributed by atoms with Crippen molar-refractivity contribution in [3.05, 3.63) is 0 Å². The maximum absolute atomic E-state index is 12.5. The molecule has 0 aromatic carbocycles. The predicted molar refractivity (Wildman–Crippen MR) is 85.1 cm³/mol. The molecule has 4 atom stereocenters. The molecule has 118 valence electrons. The standard InChI is InChI=1S/C15H29N3O.ClH/c1-11-5-4-6-12(2)18(11)15(19)10-17-8-7-14(9-17)13(3)16;/h11-14H,4-10,16H2,1-3H3;1H. The third-order valence-corrected chi connectivity index (χ3v) is 4.89. The summed E-state index contributed by atoms with van der Waals surface area (Å²) in [6.45, 7) is 9.03. The van der Waals surface area contributed by atoms with E-state index in [1.165, 1.54) is 6.42 Å². The lowest BCUT2D eigenvalue weighted by Crippen LogP contribution is -2.51. The highest BCUT2D eigenvalue weighted by Gasteiger charge is 2.32. The minimum Gasteiger partial charge on any atom is -0.336 e. The van der Waals surface area contributed by atoms with Crippen LogP contribution < -0.4 is 5.73 Å². The molecular weight excluding hydrogens is 274 g/mol. The molecule has 0 bridgehead atoms. The van der Waals surface area contributed by atoms with Crippen LogP contribution in [0.15, 0.2) is 0 Å². The molecule has 2 saturated heterocycles. The summed E-state index contributed by atoms with van der Waals surface area (Å²) < 4.78 is 0. The molecule has 0 aliphatic carbocycles. The topological polar surface area (TPSA) is 49.6 Å². The maximum atomic E-state index is 12.5. The summed E-state index contributed by atoms with van der Waals surface area (Å²) >= 11 is 0. The van der Waals surface area contributed by atoms with E-state index in [4.69, 9.17) is 5.73 Å². The molecule has 0 spiro atoms. The largest absolute Gasteiger partial charge is 0.336 e. The number of nitrogens with two attached hydrogens (primary N) is 1. The summed E-state index contributed by atoms with van der Waals surface area (Å²) in [5, 5.41) is 0. The quantitative estimate of drug-likeness (QED) is 0.866. The Morgan fingerprint density at radius 1 is 1.25 bits per heavy atom. The zero-order valence-corrected chi connectivity index (χ0v) is 13.9. The van der Waals surface area contributed by atoms with Crippen molar-refractivity contribution in [3.8, 4) is 0 Å². The molecule has 0 aromatic heterocycles. The molecule has 2 aliphatic heterocycles. The van der Waals surface area contributed by atoms with Crippen LogP contribution in [0, 0.1) is 5.92 Å². The van der Waals surface area contributed by atoms with Gasteiger partial charge in [-0.05, 0) is 58.9 Å². The summed E-state index contributed by atoms with van der Waals surface area (Å²) in [5.74, 6) is 0.869. The van der Waals surface area contributed by atoms with Crippen molar-refractivity contribution in [2.45, 2.75) is 64.6 Å². The lowest BCUT2D eigenvalue weighted by molar-refractivity contribution is -0.138. The maximum Gasteiger partial charge on any atom is 0.237 e. The molecule has 2 fully saturated rings. The van der Waals surface area contributed by atoms with Crippen LogP contribution in [0.5, 0.6) is 0 Å². The molecular formula is C15H30ClN3O. The van der Waals surface area contributed by atoms with E-state index in [0.29, 0.717) is 30.5 Å². The van der Waals surface area contributed by atoms with Crippen LogP contribution in [0.3, 0.4) is 0 Å². The number of amides is 1. The number of rotatable bonds is 3. The zero-order chi connectivity index (χ0) is 14.0. The Balaban J connectivity index is 0.00000200. The van der Waals surface area contributed by atoms with Gasteiger partial charge < -0.3 is 10.6 Å². The number of hydrogen-bond donors (Lipinski definition) is 1. The Morgan fingerprint density at radius 2 is 1.85 bits per heavy atom. The number of likely N-dealkylation sites (tertiary alicyclic amines) is 2. The van der Waals surface area contributed by atoms with Gasteiger partial charge in [0.2, 0.25) is 5.91 Å². The minimum atomic E-state index is 0. The smallest absolute Gasteiger partial charge is 0.237 e. The zero-order valence-electron chi connectivity index (χ0n) is 13.0. The van der Waals surface area contributed by atoms with Gasteiger partial charge in [0.05, 0.1) is 6.54 Å². The Labute approximate surface area is 129 Å². The van der Waals surface area contributed by atoms with E-state index < -0.39 is 0 Å². The van der Waals surface area contributed by atoms with Gasteiger partial charge in [-0.25, -0.2) is 0 Å². The lowest BCUT2D eigenvalue weighted by Gasteiger charge is -2.39. The molecule has 0 saturated carbocycles. The second kappa shape index (κ2) is 7.62. The summed E-state index contributed by atoms with van der Waals surface area (Å²) in [6, 6.07) is 1.05. The number of piperidine rings is 1. The van der Waals surface area contributed by atoms with Crippen molar-refractivity contribution in [1.29, 1.82) is 0 Å². The summed E-state index contributed by atoms with van der Waals surface area (Å²) in [4.78, 5) is 16.9. The number of carbonyl (C=O) groups is 1. The second-order valence-electron chi connectivity index (χ2n) is 6.57. The van der Waals surface area contributed by atoms with Gasteiger partial charge in [-0.15, -0.1) is 12.4 Å². The third kappa shape index (κ3) is 4.09. The molecule has 4 nitrogen and oxygen atoms in total. The van der Waals surface area contributed by atoms with Gasteiger partial charge in [0.15, 0.2) is 0 Å². The van der Waals surface area contributed by atoms with Gasteiger partial charge in [0.25, 0.3) is 0 Å². The van der Waals surface area contributed by atoms with E-state index in [2.05, 4.69) is 30.6 Å². The molecule has 5 heteroatoms. The van der Waals surface area contributed by atoms with Crippen LogP contribution in [0.25, 0.3) is 0 Å². The summed E-state index contributed by atoms with van der Waals surface area (Å²) in [5.41, 5.74) is 5.96. The van der Waals surface area contributed by atoms with Crippen LogP contribution >= 0.6 is 12.4 Å². The molecule has 2 N–H and O–H groups in total. The van der Waals surface area contributed by atoms with Gasteiger partial charge >= 0.3 is 0 Å². The normalized spacial score (nSPS) is 32.8. The molecule has 1 amide bonds. The van der Waals surface area contributed by atoms with E-state index in [-0.39, 0.29) is 18.4 Å². The fraction of sp³-hybridized carbons (Fsp3) is 0.933. The minimum absolute atomic E-state index is 0. The van der Waals surface area contributed by atoms with Crippen molar-refractivity contribution in [3.63, 3.8) is 0 Å². The highest BCUT2D eigenvalue weighted by atomic mass is 35.5. The molecule has 20 heavy (non-hydrogen) atoms. The van der Waals surface area contributed by atoms with Gasteiger partial charge in [-0.3, -0.25) is 9.69 Å². The second-order valence-corrected chi connectivity index (χ2v) is 6.57. The SMILES string of the molecule is CC(N)C1CCN(CC(=O)N2C(C)CCCC2C)C1.Cl. The van der Waals surface area contributed by atoms with Crippen LogP contribution in [0.1, 0.15) is 46.5 Å². The number of hydrogen-bond acceptors (Lipinski definition) is 3. The van der Waals surface area contributed by atoms with Gasteiger partial charge in [0.1, 0.15) is 0 Å². The highest BCUT2D eigenvalue weighted by Crippen LogP contribution is 2.24. The Kier molecular flexibility index (Phi) is 6.76. The predicted octanol–water partition coefficient (Wildman–Crippen LogP) is 1.87. The molecule has 0 radical (unpaired) electrons. The first-order valence-electron chi connectivity index (χ1n) is 7.78. The number of halogens is 1. The first-order chi connectivity index (χ1) is 8.99. The average molecular weight is 304 g/mol. The highest BCUT2D eigenvalue weighted by molar-refractivity contribution is 5.85. The van der Waals surface area contributed by atoms with E-state index in [1.54, 1.807) is 0 Å². The number of carbonyl (C=O) groups excluding carboxylic acids is 1. The fourth-order valence-corrected chi connectivity index (χ4v) is 3.62. The molecule has 0 aromatic rings. The fourth-order valence-electron chi connectivity index (χ4n) is 3.62. The van der Waals surface area contributed by atoms with E-state index in [1.807, 2.05) is 0 Å². The van der Waals surface area contributed by atoms with Crippen LogP contribution in [0.2, 0.25) is 0 Å². The Bertz CT molecular complexity index is 314.